The number of halogens is 1. The van der Waals surface area contributed by atoms with Crippen LogP contribution in [0.25, 0.3) is 6.08 Å². The number of nitrogens with zero attached hydrogens (tertiary/aromatic N) is 1. The van der Waals surface area contributed by atoms with E-state index in [0.29, 0.717) is 29.6 Å². The predicted octanol–water partition coefficient (Wildman–Crippen LogP) is 5.79. The Morgan fingerprint density at radius 3 is 2.41 bits per heavy atom. The van der Waals surface area contributed by atoms with Gasteiger partial charge in [-0.05, 0) is 77.8 Å². The van der Waals surface area contributed by atoms with Crippen molar-refractivity contribution in [2.45, 2.75) is 27.3 Å². The summed E-state index contributed by atoms with van der Waals surface area (Å²) < 4.78 is 12.1. The van der Waals surface area contributed by atoms with Gasteiger partial charge in [-0.3, -0.25) is 14.5 Å². The van der Waals surface area contributed by atoms with Gasteiger partial charge in [0, 0.05) is 0 Å². The molecule has 0 spiro atoms. The molecule has 0 radical (unpaired) electrons. The van der Waals surface area contributed by atoms with Crippen molar-refractivity contribution in [1.29, 1.82) is 0 Å². The Bertz CT molecular complexity index is 956. The molecule has 0 aliphatic carbocycles. The lowest BCUT2D eigenvalue weighted by Gasteiger charge is -2.14. The molecule has 1 fully saturated rings. The van der Waals surface area contributed by atoms with Gasteiger partial charge in [-0.1, -0.05) is 29.8 Å². The minimum atomic E-state index is -0.288. The van der Waals surface area contributed by atoms with Gasteiger partial charge in [0.25, 0.3) is 11.1 Å². The number of amides is 2. The summed E-state index contributed by atoms with van der Waals surface area (Å²) in [6.45, 7) is 7.06. The van der Waals surface area contributed by atoms with Gasteiger partial charge in [-0.2, -0.15) is 0 Å². The van der Waals surface area contributed by atoms with Crippen LogP contribution in [0.3, 0.4) is 0 Å². The summed E-state index contributed by atoms with van der Waals surface area (Å²) in [7, 11) is 0. The molecule has 1 heterocycles. The number of carbonyl (C=O) groups excluding carboxylic acids is 2. The molecule has 7 heteroatoms. The molecule has 2 amide bonds. The van der Waals surface area contributed by atoms with Gasteiger partial charge < -0.3 is 9.47 Å². The SMILES string of the molecule is CCOc1cc(/C=C2\SC(=O)N(Cc3ccc(C)cc3)C2=O)cc(Br)c1OCC. The average Bonchev–Trinajstić information content (AvgIpc) is 2.94. The first kappa shape index (κ1) is 21.5. The van der Waals surface area contributed by atoms with Crippen molar-refractivity contribution in [1.82, 2.24) is 4.90 Å². The molecule has 0 aromatic heterocycles. The van der Waals surface area contributed by atoms with Gasteiger partial charge in [-0.15, -0.1) is 0 Å². The second-order valence-corrected chi connectivity index (χ2v) is 8.30. The number of rotatable bonds is 7. The fourth-order valence-corrected chi connectivity index (χ4v) is 4.29. The van der Waals surface area contributed by atoms with Gasteiger partial charge in [0.1, 0.15) is 0 Å². The fourth-order valence-electron chi connectivity index (χ4n) is 2.88. The standard InChI is InChI=1S/C22H22BrNO4S/c1-4-27-18-11-16(10-17(23)20(18)28-5-2)12-19-21(25)24(22(26)29-19)13-15-8-6-14(3)7-9-15/h6-12H,4-5,13H2,1-3H3/b19-12-. The monoisotopic (exact) mass is 475 g/mol. The third kappa shape index (κ3) is 5.03. The molecular weight excluding hydrogens is 454 g/mol. The first-order valence-corrected chi connectivity index (χ1v) is 10.9. The van der Waals surface area contributed by atoms with Crippen molar-refractivity contribution in [3.8, 4) is 11.5 Å². The lowest BCUT2D eigenvalue weighted by molar-refractivity contribution is -0.123. The number of hydrogen-bond donors (Lipinski definition) is 0. The molecule has 0 N–H and O–H groups in total. The maximum Gasteiger partial charge on any atom is 0.293 e. The smallest absolute Gasteiger partial charge is 0.293 e. The summed E-state index contributed by atoms with van der Waals surface area (Å²) in [6, 6.07) is 11.5. The maximum absolute atomic E-state index is 12.8. The van der Waals surface area contributed by atoms with E-state index in [1.54, 1.807) is 6.08 Å². The molecule has 0 saturated carbocycles. The molecule has 3 rings (SSSR count). The Balaban J connectivity index is 1.86. The number of aryl methyl sites for hydroxylation is 1. The Morgan fingerprint density at radius 2 is 1.76 bits per heavy atom. The Kier molecular flexibility index (Phi) is 7.03. The van der Waals surface area contributed by atoms with Gasteiger partial charge in [0.05, 0.1) is 29.1 Å². The topological polar surface area (TPSA) is 55.8 Å². The third-order valence-electron chi connectivity index (χ3n) is 4.25. The minimum Gasteiger partial charge on any atom is -0.490 e. The van der Waals surface area contributed by atoms with Crippen LogP contribution < -0.4 is 9.47 Å². The predicted molar refractivity (Wildman–Crippen MR) is 119 cm³/mol. The van der Waals surface area contributed by atoms with E-state index in [-0.39, 0.29) is 17.7 Å². The second kappa shape index (κ2) is 9.50. The Morgan fingerprint density at radius 1 is 1.07 bits per heavy atom. The van der Waals surface area contributed by atoms with Crippen LogP contribution in [0.5, 0.6) is 11.5 Å². The number of thioether (sulfide) groups is 1. The molecule has 152 valence electrons. The zero-order chi connectivity index (χ0) is 21.0. The summed E-state index contributed by atoms with van der Waals surface area (Å²) >= 11 is 4.45. The van der Waals surface area contributed by atoms with E-state index in [1.807, 2.05) is 57.2 Å². The normalized spacial score (nSPS) is 15.3. The van der Waals surface area contributed by atoms with Crippen molar-refractivity contribution in [3.05, 3.63) is 62.5 Å². The minimum absolute atomic E-state index is 0.263. The summed E-state index contributed by atoms with van der Waals surface area (Å²) in [5.41, 5.74) is 2.81. The maximum atomic E-state index is 12.8. The zero-order valence-corrected chi connectivity index (χ0v) is 18.9. The van der Waals surface area contributed by atoms with Crippen molar-refractivity contribution >= 4 is 44.9 Å². The number of benzene rings is 2. The molecule has 0 unspecified atom stereocenters. The van der Waals surface area contributed by atoms with Gasteiger partial charge in [0.15, 0.2) is 11.5 Å². The number of ether oxygens (including phenoxy) is 2. The first-order valence-electron chi connectivity index (χ1n) is 9.33. The van der Waals surface area contributed by atoms with Crippen LogP contribution in [-0.2, 0) is 11.3 Å². The molecule has 0 atom stereocenters. The van der Waals surface area contributed by atoms with Crippen molar-refractivity contribution in [2.24, 2.45) is 0 Å². The molecule has 0 bridgehead atoms. The molecule has 29 heavy (non-hydrogen) atoms. The van der Waals surface area contributed by atoms with Crippen molar-refractivity contribution < 1.29 is 19.1 Å². The van der Waals surface area contributed by atoms with E-state index in [9.17, 15) is 9.59 Å². The van der Waals surface area contributed by atoms with Crippen LogP contribution >= 0.6 is 27.7 Å². The van der Waals surface area contributed by atoms with E-state index < -0.39 is 0 Å². The van der Waals surface area contributed by atoms with E-state index >= 15 is 0 Å². The summed E-state index contributed by atoms with van der Waals surface area (Å²) in [4.78, 5) is 26.9. The highest BCUT2D eigenvalue weighted by molar-refractivity contribution is 9.10. The first-order chi connectivity index (χ1) is 13.9. The molecule has 1 saturated heterocycles. The van der Waals surface area contributed by atoms with Crippen LogP contribution in [0.1, 0.15) is 30.5 Å². The average molecular weight is 476 g/mol. The quantitative estimate of drug-likeness (QED) is 0.474. The van der Waals surface area contributed by atoms with Crippen molar-refractivity contribution in [3.63, 3.8) is 0 Å². The number of carbonyl (C=O) groups is 2. The number of hydrogen-bond acceptors (Lipinski definition) is 5. The van der Waals surface area contributed by atoms with Crippen LogP contribution in [0.15, 0.2) is 45.8 Å². The number of imide groups is 1. The summed E-state index contributed by atoms with van der Waals surface area (Å²) in [6.07, 6.45) is 1.71. The second-order valence-electron chi connectivity index (χ2n) is 6.45. The summed E-state index contributed by atoms with van der Waals surface area (Å²) in [5, 5.41) is -0.267. The van der Waals surface area contributed by atoms with E-state index in [1.165, 1.54) is 4.90 Å². The van der Waals surface area contributed by atoms with E-state index in [2.05, 4.69) is 15.9 Å². The molecular formula is C22H22BrNO4S. The highest BCUT2D eigenvalue weighted by Crippen LogP contribution is 2.39. The Hall–Kier alpha value is -2.25. The molecule has 2 aromatic rings. The van der Waals surface area contributed by atoms with Gasteiger partial charge >= 0.3 is 0 Å². The Labute approximate surface area is 183 Å². The van der Waals surface area contributed by atoms with Gasteiger partial charge in [-0.25, -0.2) is 0 Å². The van der Waals surface area contributed by atoms with Crippen molar-refractivity contribution in [2.75, 3.05) is 13.2 Å². The highest BCUT2D eigenvalue weighted by Gasteiger charge is 2.35. The summed E-state index contributed by atoms with van der Waals surface area (Å²) in [5.74, 6) is 0.927. The largest absolute Gasteiger partial charge is 0.490 e. The lowest BCUT2D eigenvalue weighted by atomic mass is 10.1. The van der Waals surface area contributed by atoms with Crippen LogP contribution in [0, 0.1) is 6.92 Å². The van der Waals surface area contributed by atoms with Gasteiger partial charge in [0.2, 0.25) is 0 Å². The fraction of sp³-hybridized carbons (Fsp3) is 0.273. The molecule has 1 aliphatic heterocycles. The van der Waals surface area contributed by atoms with Crippen LogP contribution in [-0.4, -0.2) is 29.3 Å². The zero-order valence-electron chi connectivity index (χ0n) is 16.5. The molecule has 1 aliphatic rings. The van der Waals surface area contributed by atoms with Crippen LogP contribution in [0.4, 0.5) is 4.79 Å². The lowest BCUT2D eigenvalue weighted by Crippen LogP contribution is -2.27. The van der Waals surface area contributed by atoms with E-state index in [0.717, 1.165) is 32.9 Å². The molecule has 2 aromatic carbocycles. The molecule has 5 nitrogen and oxygen atoms in total. The van der Waals surface area contributed by atoms with E-state index in [4.69, 9.17) is 9.47 Å². The highest BCUT2D eigenvalue weighted by atomic mass is 79.9. The third-order valence-corrected chi connectivity index (χ3v) is 5.75. The van der Waals surface area contributed by atoms with Crippen LogP contribution in [0.2, 0.25) is 0 Å².